The molecule has 0 fully saturated rings. The van der Waals surface area contributed by atoms with Gasteiger partial charge in [0.15, 0.2) is 0 Å². The van der Waals surface area contributed by atoms with Gasteiger partial charge in [-0.15, -0.1) is 0 Å². The quantitative estimate of drug-likeness (QED) is 0.779. The Morgan fingerprint density at radius 2 is 2.25 bits per heavy atom. The smallest absolute Gasteiger partial charge is 0.124 e. The summed E-state index contributed by atoms with van der Waals surface area (Å²) in [5, 5.41) is 4.88. The second-order valence-corrected chi connectivity index (χ2v) is 4.90. The van der Waals surface area contributed by atoms with E-state index >= 15 is 0 Å². The van der Waals surface area contributed by atoms with Gasteiger partial charge in [0.2, 0.25) is 0 Å². The van der Waals surface area contributed by atoms with Crippen LogP contribution >= 0.6 is 27.5 Å². The predicted octanol–water partition coefficient (Wildman–Crippen LogP) is 4.13. The van der Waals surface area contributed by atoms with Crippen LogP contribution in [0.25, 0.3) is 0 Å². The van der Waals surface area contributed by atoms with Crippen LogP contribution in [0.2, 0.25) is 5.02 Å². The van der Waals surface area contributed by atoms with E-state index in [2.05, 4.69) is 28.2 Å². The maximum atomic E-state index is 12.8. The zero-order chi connectivity index (χ0) is 12.0. The molecule has 0 aliphatic rings. The first-order chi connectivity index (χ1) is 7.67. The number of rotatable bonds is 6. The van der Waals surface area contributed by atoms with Crippen molar-refractivity contribution in [2.24, 2.45) is 0 Å². The zero-order valence-electron chi connectivity index (χ0n) is 9.27. The van der Waals surface area contributed by atoms with Crippen molar-refractivity contribution in [2.45, 2.75) is 32.4 Å². The molecule has 1 nitrogen and oxygen atoms in total. The molecule has 1 aromatic rings. The molecular weight excluding hydrogens is 292 g/mol. The molecule has 4 heteroatoms. The minimum atomic E-state index is -0.291. The average molecular weight is 309 g/mol. The fraction of sp³-hybridized carbons (Fsp3) is 0.500. The van der Waals surface area contributed by atoms with Crippen LogP contribution in [0.1, 0.15) is 25.3 Å². The molecule has 1 unspecified atom stereocenters. The third-order valence-corrected chi connectivity index (χ3v) is 3.36. The molecule has 1 atom stereocenters. The molecule has 0 aromatic heterocycles. The molecule has 1 rings (SSSR count). The molecule has 0 spiro atoms. The van der Waals surface area contributed by atoms with E-state index in [0.29, 0.717) is 17.6 Å². The molecule has 1 N–H and O–H groups in total. The summed E-state index contributed by atoms with van der Waals surface area (Å²) in [6.45, 7) is 2.83. The van der Waals surface area contributed by atoms with E-state index in [1.165, 1.54) is 12.1 Å². The fourth-order valence-corrected chi connectivity index (χ4v) is 2.29. The summed E-state index contributed by atoms with van der Waals surface area (Å²) in [5.41, 5.74) is 0.941. The molecular formula is C12H16BrClFN. The summed E-state index contributed by atoms with van der Waals surface area (Å²) >= 11 is 9.37. The number of halogens is 3. The normalized spacial score (nSPS) is 12.8. The first-order valence-corrected chi connectivity index (χ1v) is 6.90. The summed E-state index contributed by atoms with van der Waals surface area (Å²) in [4.78, 5) is 0. The van der Waals surface area contributed by atoms with Crippen LogP contribution in [0.15, 0.2) is 18.2 Å². The van der Waals surface area contributed by atoms with Gasteiger partial charge in [-0.1, -0.05) is 40.5 Å². The van der Waals surface area contributed by atoms with E-state index in [1.807, 2.05) is 0 Å². The number of hydrogen-bond acceptors (Lipinski definition) is 1. The maximum absolute atomic E-state index is 12.8. The van der Waals surface area contributed by atoms with Crippen molar-refractivity contribution in [1.82, 2.24) is 5.32 Å². The molecule has 90 valence electrons. The van der Waals surface area contributed by atoms with E-state index in [4.69, 9.17) is 11.6 Å². The summed E-state index contributed by atoms with van der Waals surface area (Å²) < 4.78 is 12.8. The lowest BCUT2D eigenvalue weighted by atomic mass is 10.1. The van der Waals surface area contributed by atoms with Crippen LogP contribution in [0.5, 0.6) is 0 Å². The Kier molecular flexibility index (Phi) is 6.32. The fourth-order valence-electron chi connectivity index (χ4n) is 1.50. The molecule has 0 amide bonds. The van der Waals surface area contributed by atoms with Gasteiger partial charge in [-0.05, 0) is 30.5 Å². The molecule has 0 bridgehead atoms. The van der Waals surface area contributed by atoms with Gasteiger partial charge in [0.25, 0.3) is 0 Å². The topological polar surface area (TPSA) is 12.0 Å². The van der Waals surface area contributed by atoms with Gasteiger partial charge in [0.1, 0.15) is 5.82 Å². The van der Waals surface area contributed by atoms with Crippen molar-refractivity contribution in [3.05, 3.63) is 34.6 Å². The number of hydrogen-bond donors (Lipinski definition) is 1. The van der Waals surface area contributed by atoms with E-state index in [-0.39, 0.29) is 5.82 Å². The number of benzene rings is 1. The molecule has 0 aliphatic heterocycles. The highest BCUT2D eigenvalue weighted by molar-refractivity contribution is 9.09. The Bertz CT molecular complexity index is 333. The lowest BCUT2D eigenvalue weighted by Gasteiger charge is -2.16. The van der Waals surface area contributed by atoms with E-state index in [9.17, 15) is 4.39 Å². The lowest BCUT2D eigenvalue weighted by molar-refractivity contribution is 0.487. The molecule has 0 radical (unpaired) electrons. The molecule has 1 aromatic carbocycles. The van der Waals surface area contributed by atoms with Gasteiger partial charge in [0, 0.05) is 22.9 Å². The molecule has 0 saturated heterocycles. The van der Waals surface area contributed by atoms with Gasteiger partial charge in [-0.2, -0.15) is 0 Å². The van der Waals surface area contributed by atoms with Crippen molar-refractivity contribution in [2.75, 3.05) is 5.33 Å². The minimum Gasteiger partial charge on any atom is -0.310 e. The van der Waals surface area contributed by atoms with Gasteiger partial charge >= 0.3 is 0 Å². The van der Waals surface area contributed by atoms with Crippen molar-refractivity contribution < 1.29 is 4.39 Å². The van der Waals surface area contributed by atoms with E-state index in [1.54, 1.807) is 6.07 Å². The average Bonchev–Trinajstić information content (AvgIpc) is 2.26. The second kappa shape index (κ2) is 7.25. The Hall–Kier alpha value is -0.120. The van der Waals surface area contributed by atoms with Gasteiger partial charge < -0.3 is 5.32 Å². The van der Waals surface area contributed by atoms with Crippen molar-refractivity contribution in [3.63, 3.8) is 0 Å². The molecule has 16 heavy (non-hydrogen) atoms. The Balaban J connectivity index is 2.53. The first kappa shape index (κ1) is 13.9. The summed E-state index contributed by atoms with van der Waals surface area (Å²) in [5.74, 6) is -0.291. The maximum Gasteiger partial charge on any atom is 0.124 e. The van der Waals surface area contributed by atoms with Gasteiger partial charge in [0.05, 0.1) is 0 Å². The zero-order valence-corrected chi connectivity index (χ0v) is 11.6. The Morgan fingerprint density at radius 1 is 1.50 bits per heavy atom. The number of alkyl halides is 1. The van der Waals surface area contributed by atoms with Crippen LogP contribution in [0, 0.1) is 5.82 Å². The molecule has 0 saturated carbocycles. The highest BCUT2D eigenvalue weighted by Crippen LogP contribution is 2.17. The van der Waals surface area contributed by atoms with Crippen LogP contribution in [0.4, 0.5) is 4.39 Å². The van der Waals surface area contributed by atoms with Crippen molar-refractivity contribution in [3.8, 4) is 0 Å². The lowest BCUT2D eigenvalue weighted by Crippen LogP contribution is -2.28. The first-order valence-electron chi connectivity index (χ1n) is 5.40. The highest BCUT2D eigenvalue weighted by Gasteiger charge is 2.06. The van der Waals surface area contributed by atoms with Crippen molar-refractivity contribution >= 4 is 27.5 Å². The summed E-state index contributed by atoms with van der Waals surface area (Å²) in [6, 6.07) is 4.99. The molecule has 0 aliphatic carbocycles. The van der Waals surface area contributed by atoms with E-state index in [0.717, 1.165) is 23.7 Å². The Morgan fingerprint density at radius 3 is 2.81 bits per heavy atom. The van der Waals surface area contributed by atoms with Gasteiger partial charge in [-0.25, -0.2) is 4.39 Å². The standard InChI is InChI=1S/C12H16BrClFN/c1-2-11(5-6-13)16-8-9-3-4-10(15)7-12(9)14/h3-4,7,11,16H,2,5-6,8H2,1H3. The monoisotopic (exact) mass is 307 g/mol. The van der Waals surface area contributed by atoms with Gasteiger partial charge in [-0.3, -0.25) is 0 Å². The second-order valence-electron chi connectivity index (χ2n) is 3.70. The third-order valence-electron chi connectivity index (χ3n) is 2.55. The minimum absolute atomic E-state index is 0.291. The number of nitrogens with one attached hydrogen (secondary N) is 1. The largest absolute Gasteiger partial charge is 0.310 e. The SMILES string of the molecule is CCC(CCBr)NCc1ccc(F)cc1Cl. The molecule has 0 heterocycles. The third kappa shape index (κ3) is 4.40. The van der Waals surface area contributed by atoms with Crippen LogP contribution in [-0.2, 0) is 6.54 Å². The predicted molar refractivity (Wildman–Crippen MR) is 70.7 cm³/mol. The van der Waals surface area contributed by atoms with Crippen LogP contribution in [0.3, 0.4) is 0 Å². The van der Waals surface area contributed by atoms with Crippen LogP contribution in [-0.4, -0.2) is 11.4 Å². The Labute approximate surface area is 110 Å². The summed E-state index contributed by atoms with van der Waals surface area (Å²) in [7, 11) is 0. The summed E-state index contributed by atoms with van der Waals surface area (Å²) in [6.07, 6.45) is 2.15. The van der Waals surface area contributed by atoms with E-state index < -0.39 is 0 Å². The van der Waals surface area contributed by atoms with Crippen molar-refractivity contribution in [1.29, 1.82) is 0 Å². The highest BCUT2D eigenvalue weighted by atomic mass is 79.9. The van der Waals surface area contributed by atoms with Crippen LogP contribution < -0.4 is 5.32 Å².